The van der Waals surface area contributed by atoms with Crippen molar-refractivity contribution in [3.8, 4) is 10.6 Å². The van der Waals surface area contributed by atoms with Crippen molar-refractivity contribution in [3.63, 3.8) is 0 Å². The summed E-state index contributed by atoms with van der Waals surface area (Å²) in [6, 6.07) is 3.89. The Balaban J connectivity index is 1.56. The Kier molecular flexibility index (Phi) is 4.80. The van der Waals surface area contributed by atoms with Crippen molar-refractivity contribution in [2.24, 2.45) is 0 Å². The molecular weight excluding hydrogens is 298 g/mol. The Morgan fingerprint density at radius 1 is 1.45 bits per heavy atom. The van der Waals surface area contributed by atoms with Gasteiger partial charge in [0.25, 0.3) is 0 Å². The van der Waals surface area contributed by atoms with E-state index in [4.69, 9.17) is 4.74 Å². The van der Waals surface area contributed by atoms with Gasteiger partial charge in [0.1, 0.15) is 5.01 Å². The minimum absolute atomic E-state index is 0.135. The van der Waals surface area contributed by atoms with E-state index in [0.29, 0.717) is 32.5 Å². The molecule has 22 heavy (non-hydrogen) atoms. The number of nitrogens with zero attached hydrogens (tertiary/aromatic N) is 3. The number of hydrogen-bond acceptors (Lipinski definition) is 5. The van der Waals surface area contributed by atoms with Crippen LogP contribution in [0.4, 0.5) is 0 Å². The van der Waals surface area contributed by atoms with Crippen molar-refractivity contribution in [2.45, 2.75) is 25.9 Å². The molecule has 116 valence electrons. The summed E-state index contributed by atoms with van der Waals surface area (Å²) in [7, 11) is 0. The van der Waals surface area contributed by atoms with Crippen molar-refractivity contribution >= 4 is 17.2 Å². The second-order valence-electron chi connectivity index (χ2n) is 5.40. The third-order valence-electron chi connectivity index (χ3n) is 3.67. The summed E-state index contributed by atoms with van der Waals surface area (Å²) in [6.07, 6.45) is 4.85. The molecule has 0 N–H and O–H groups in total. The highest BCUT2D eigenvalue weighted by atomic mass is 32.1. The van der Waals surface area contributed by atoms with Crippen LogP contribution in [0.15, 0.2) is 29.9 Å². The molecule has 2 aromatic rings. The normalized spacial score (nSPS) is 18.4. The highest BCUT2D eigenvalue weighted by Gasteiger charge is 2.21. The zero-order valence-electron chi connectivity index (χ0n) is 12.6. The SMILES string of the molecule is CC1CN(C(=O)CCc2csc(-c3ccncc3)n2)CCO1. The van der Waals surface area contributed by atoms with Crippen LogP contribution in [0.2, 0.25) is 0 Å². The van der Waals surface area contributed by atoms with Gasteiger partial charge in [-0.15, -0.1) is 11.3 Å². The zero-order chi connectivity index (χ0) is 15.4. The molecule has 1 aliphatic heterocycles. The fourth-order valence-electron chi connectivity index (χ4n) is 2.49. The lowest BCUT2D eigenvalue weighted by Gasteiger charge is -2.31. The van der Waals surface area contributed by atoms with Crippen LogP contribution < -0.4 is 0 Å². The second-order valence-corrected chi connectivity index (χ2v) is 6.26. The van der Waals surface area contributed by atoms with Crippen LogP contribution in [0, 0.1) is 0 Å². The minimum Gasteiger partial charge on any atom is -0.375 e. The number of rotatable bonds is 4. The molecule has 2 aromatic heterocycles. The Morgan fingerprint density at radius 3 is 3.05 bits per heavy atom. The number of ether oxygens (including phenoxy) is 1. The third kappa shape index (κ3) is 3.69. The number of aryl methyl sites for hydroxylation is 1. The van der Waals surface area contributed by atoms with Crippen LogP contribution in [0.25, 0.3) is 10.6 Å². The number of amides is 1. The molecule has 1 unspecified atom stereocenters. The lowest BCUT2D eigenvalue weighted by Crippen LogP contribution is -2.44. The number of morpholine rings is 1. The van der Waals surface area contributed by atoms with Gasteiger partial charge in [0.15, 0.2) is 0 Å². The average Bonchev–Trinajstić information content (AvgIpc) is 3.02. The Hall–Kier alpha value is -1.79. The maximum absolute atomic E-state index is 12.2. The van der Waals surface area contributed by atoms with E-state index in [9.17, 15) is 4.79 Å². The first kappa shape index (κ1) is 15.1. The van der Waals surface area contributed by atoms with Gasteiger partial charge >= 0.3 is 0 Å². The molecule has 6 heteroatoms. The number of hydrogen-bond donors (Lipinski definition) is 0. The lowest BCUT2D eigenvalue weighted by atomic mass is 10.2. The van der Waals surface area contributed by atoms with Crippen LogP contribution >= 0.6 is 11.3 Å². The Labute approximate surface area is 134 Å². The number of carbonyl (C=O) groups is 1. The second kappa shape index (κ2) is 6.98. The molecule has 1 amide bonds. The number of carbonyl (C=O) groups excluding carboxylic acids is 1. The molecule has 1 fully saturated rings. The standard InChI is InChI=1S/C16H19N3O2S/c1-12-10-19(8-9-21-12)15(20)3-2-14-11-22-16(18-14)13-4-6-17-7-5-13/h4-7,11-12H,2-3,8-10H2,1H3. The average molecular weight is 317 g/mol. The highest BCUT2D eigenvalue weighted by Crippen LogP contribution is 2.23. The molecule has 0 bridgehead atoms. The van der Waals surface area contributed by atoms with Gasteiger partial charge in [-0.1, -0.05) is 0 Å². The molecule has 3 heterocycles. The van der Waals surface area contributed by atoms with E-state index < -0.39 is 0 Å². The molecule has 5 nitrogen and oxygen atoms in total. The van der Waals surface area contributed by atoms with E-state index in [1.807, 2.05) is 29.3 Å². The number of thiazole rings is 1. The van der Waals surface area contributed by atoms with Gasteiger partial charge < -0.3 is 9.64 Å². The van der Waals surface area contributed by atoms with Crippen molar-refractivity contribution in [2.75, 3.05) is 19.7 Å². The van der Waals surface area contributed by atoms with Gasteiger partial charge in [-0.05, 0) is 25.5 Å². The summed E-state index contributed by atoms with van der Waals surface area (Å²) in [4.78, 5) is 22.7. The van der Waals surface area contributed by atoms with Crippen molar-refractivity contribution in [3.05, 3.63) is 35.6 Å². The monoisotopic (exact) mass is 317 g/mol. The summed E-state index contributed by atoms with van der Waals surface area (Å²) in [5.41, 5.74) is 2.05. The largest absolute Gasteiger partial charge is 0.375 e. The smallest absolute Gasteiger partial charge is 0.223 e. The Bertz CT molecular complexity index is 629. The highest BCUT2D eigenvalue weighted by molar-refractivity contribution is 7.13. The van der Waals surface area contributed by atoms with Crippen LogP contribution in [0.1, 0.15) is 19.0 Å². The maximum Gasteiger partial charge on any atom is 0.223 e. The molecule has 0 saturated carbocycles. The van der Waals surface area contributed by atoms with Gasteiger partial charge in [0, 0.05) is 42.8 Å². The molecule has 1 aliphatic rings. The molecular formula is C16H19N3O2S. The van der Waals surface area contributed by atoms with Gasteiger partial charge in [-0.3, -0.25) is 9.78 Å². The van der Waals surface area contributed by atoms with Crippen LogP contribution in [-0.2, 0) is 16.0 Å². The summed E-state index contributed by atoms with van der Waals surface area (Å²) in [5, 5.41) is 3.01. The summed E-state index contributed by atoms with van der Waals surface area (Å²) < 4.78 is 5.46. The van der Waals surface area contributed by atoms with Crippen molar-refractivity contribution in [1.29, 1.82) is 0 Å². The van der Waals surface area contributed by atoms with Crippen LogP contribution in [0.3, 0.4) is 0 Å². The maximum atomic E-state index is 12.2. The summed E-state index contributed by atoms with van der Waals surface area (Å²) in [6.45, 7) is 4.03. The van der Waals surface area contributed by atoms with E-state index >= 15 is 0 Å². The first-order chi connectivity index (χ1) is 10.7. The molecule has 0 radical (unpaired) electrons. The van der Waals surface area contributed by atoms with Gasteiger partial charge in [0.2, 0.25) is 5.91 Å². The van der Waals surface area contributed by atoms with Gasteiger partial charge in [0.05, 0.1) is 18.4 Å². The van der Waals surface area contributed by atoms with Gasteiger partial charge in [-0.2, -0.15) is 0 Å². The number of aromatic nitrogens is 2. The zero-order valence-corrected chi connectivity index (χ0v) is 13.4. The van der Waals surface area contributed by atoms with E-state index in [1.165, 1.54) is 0 Å². The predicted octanol–water partition coefficient (Wildman–Crippen LogP) is 2.39. The van der Waals surface area contributed by atoms with Crippen molar-refractivity contribution in [1.82, 2.24) is 14.9 Å². The van der Waals surface area contributed by atoms with E-state index in [-0.39, 0.29) is 12.0 Å². The fraction of sp³-hybridized carbons (Fsp3) is 0.438. The molecule has 0 spiro atoms. The minimum atomic E-state index is 0.135. The van der Waals surface area contributed by atoms with E-state index in [2.05, 4.69) is 9.97 Å². The lowest BCUT2D eigenvalue weighted by molar-refractivity contribution is -0.138. The van der Waals surface area contributed by atoms with Gasteiger partial charge in [-0.25, -0.2) is 4.98 Å². The van der Waals surface area contributed by atoms with Crippen LogP contribution in [-0.4, -0.2) is 46.6 Å². The summed E-state index contributed by atoms with van der Waals surface area (Å²) in [5.74, 6) is 0.189. The third-order valence-corrected chi connectivity index (χ3v) is 4.61. The van der Waals surface area contributed by atoms with E-state index in [1.54, 1.807) is 23.7 Å². The van der Waals surface area contributed by atoms with Crippen LogP contribution in [0.5, 0.6) is 0 Å². The van der Waals surface area contributed by atoms with E-state index in [0.717, 1.165) is 16.3 Å². The number of pyridine rings is 1. The first-order valence-electron chi connectivity index (χ1n) is 7.46. The molecule has 1 saturated heterocycles. The molecule has 0 aromatic carbocycles. The Morgan fingerprint density at radius 2 is 2.27 bits per heavy atom. The molecule has 1 atom stereocenters. The molecule has 3 rings (SSSR count). The summed E-state index contributed by atoms with van der Waals surface area (Å²) >= 11 is 1.61. The fourth-order valence-corrected chi connectivity index (χ4v) is 3.35. The quantitative estimate of drug-likeness (QED) is 0.869. The predicted molar refractivity (Wildman–Crippen MR) is 85.7 cm³/mol. The molecule has 0 aliphatic carbocycles. The topological polar surface area (TPSA) is 55.3 Å². The first-order valence-corrected chi connectivity index (χ1v) is 8.34. The van der Waals surface area contributed by atoms with Crippen molar-refractivity contribution < 1.29 is 9.53 Å².